The topological polar surface area (TPSA) is 102 Å². The van der Waals surface area contributed by atoms with Crippen LogP contribution in [-0.4, -0.2) is 52.6 Å². The molecule has 0 unspecified atom stereocenters. The molecule has 0 aliphatic rings. The minimum atomic E-state index is 0.344. The van der Waals surface area contributed by atoms with Crippen molar-refractivity contribution in [2.24, 2.45) is 5.10 Å². The highest BCUT2D eigenvalue weighted by molar-refractivity contribution is 7.71. The first-order chi connectivity index (χ1) is 12.6. The highest BCUT2D eigenvalue weighted by atomic mass is 32.1. The van der Waals surface area contributed by atoms with Crippen molar-refractivity contribution < 1.29 is 14.2 Å². The normalized spacial score (nSPS) is 11.1. The lowest BCUT2D eigenvalue weighted by Gasteiger charge is -2.11. The number of rotatable bonds is 6. The van der Waals surface area contributed by atoms with Crippen LogP contribution in [0.4, 0.5) is 0 Å². The van der Waals surface area contributed by atoms with Gasteiger partial charge in [-0.3, -0.25) is 5.10 Å². The van der Waals surface area contributed by atoms with Crippen LogP contribution in [0.3, 0.4) is 0 Å². The van der Waals surface area contributed by atoms with Gasteiger partial charge >= 0.3 is 0 Å². The van der Waals surface area contributed by atoms with E-state index in [2.05, 4.69) is 25.5 Å². The Hall–Kier alpha value is -3.14. The summed E-state index contributed by atoms with van der Waals surface area (Å²) in [4.78, 5) is 0. The lowest BCUT2D eigenvalue weighted by atomic mass is 10.2. The van der Waals surface area contributed by atoms with Crippen LogP contribution in [0.25, 0.3) is 11.5 Å². The minimum Gasteiger partial charge on any atom is -0.496 e. The predicted octanol–water partition coefficient (Wildman–Crippen LogP) is 2.55. The Morgan fingerprint density at radius 2 is 1.69 bits per heavy atom. The summed E-state index contributed by atoms with van der Waals surface area (Å²) < 4.78 is 17.8. The number of aromatic amines is 2. The van der Waals surface area contributed by atoms with E-state index in [1.807, 2.05) is 13.0 Å². The molecule has 136 valence electrons. The van der Waals surface area contributed by atoms with Gasteiger partial charge in [0.15, 0.2) is 11.5 Å². The largest absolute Gasteiger partial charge is 0.496 e. The standard InChI is InChI=1S/C16H18N6O3S/c1-9-5-11(19-18-9)15-20-21-16(26)22(15)17-8-10-6-13(24-3)14(25-4)7-12(10)23-2/h5-8H,1-4H3,(H,18,19)(H,21,26). The lowest BCUT2D eigenvalue weighted by Crippen LogP contribution is -1.99. The molecule has 2 aromatic heterocycles. The van der Waals surface area contributed by atoms with Crippen LogP contribution in [0.2, 0.25) is 0 Å². The molecule has 2 heterocycles. The first-order valence-electron chi connectivity index (χ1n) is 7.61. The van der Waals surface area contributed by atoms with E-state index in [1.54, 1.807) is 39.7 Å². The summed E-state index contributed by atoms with van der Waals surface area (Å²) >= 11 is 5.26. The fourth-order valence-electron chi connectivity index (χ4n) is 2.37. The number of benzene rings is 1. The Balaban J connectivity index is 2.04. The van der Waals surface area contributed by atoms with Gasteiger partial charge in [-0.25, -0.2) is 5.10 Å². The van der Waals surface area contributed by atoms with Gasteiger partial charge < -0.3 is 14.2 Å². The van der Waals surface area contributed by atoms with E-state index in [-0.39, 0.29) is 0 Å². The summed E-state index contributed by atoms with van der Waals surface area (Å²) in [5, 5.41) is 18.4. The fourth-order valence-corrected chi connectivity index (χ4v) is 2.55. The number of methoxy groups -OCH3 is 3. The molecule has 9 nitrogen and oxygen atoms in total. The van der Waals surface area contributed by atoms with Crippen molar-refractivity contribution in [1.82, 2.24) is 25.1 Å². The second-order valence-corrected chi connectivity index (χ2v) is 5.68. The molecule has 0 fully saturated rings. The molecule has 0 saturated heterocycles. The van der Waals surface area contributed by atoms with Gasteiger partial charge in [-0.15, -0.1) is 0 Å². The molecule has 1 aromatic carbocycles. The van der Waals surface area contributed by atoms with Crippen LogP contribution in [0.5, 0.6) is 17.2 Å². The quantitative estimate of drug-likeness (QED) is 0.508. The van der Waals surface area contributed by atoms with Gasteiger partial charge in [0.2, 0.25) is 10.6 Å². The number of hydrogen-bond donors (Lipinski definition) is 2. The first-order valence-corrected chi connectivity index (χ1v) is 8.02. The molecule has 0 bridgehead atoms. The van der Waals surface area contributed by atoms with Gasteiger partial charge in [0.1, 0.15) is 11.4 Å². The minimum absolute atomic E-state index is 0.344. The van der Waals surface area contributed by atoms with Crippen LogP contribution >= 0.6 is 12.2 Å². The number of hydrogen-bond acceptors (Lipinski definition) is 7. The van der Waals surface area contributed by atoms with Crippen molar-refractivity contribution in [2.45, 2.75) is 6.92 Å². The Bertz CT molecular complexity index is 1000. The molecule has 2 N–H and O–H groups in total. The Kier molecular flexibility index (Phi) is 5.03. The maximum Gasteiger partial charge on any atom is 0.216 e. The molecule has 3 rings (SSSR count). The summed E-state index contributed by atoms with van der Waals surface area (Å²) in [7, 11) is 4.70. The van der Waals surface area contributed by atoms with Crippen LogP contribution in [-0.2, 0) is 0 Å². The molecule has 3 aromatic rings. The molecule has 0 spiro atoms. The second-order valence-electron chi connectivity index (χ2n) is 5.29. The summed E-state index contributed by atoms with van der Waals surface area (Å²) in [5.74, 6) is 2.21. The van der Waals surface area contributed by atoms with Gasteiger partial charge in [0.25, 0.3) is 0 Å². The molecule has 0 amide bonds. The monoisotopic (exact) mass is 374 g/mol. The molecule has 26 heavy (non-hydrogen) atoms. The third kappa shape index (κ3) is 3.31. The number of aromatic nitrogens is 5. The summed E-state index contributed by atoms with van der Waals surface area (Å²) in [6.07, 6.45) is 1.61. The van der Waals surface area contributed by atoms with Crippen molar-refractivity contribution in [3.05, 3.63) is 34.2 Å². The maximum atomic E-state index is 5.40. The zero-order valence-electron chi connectivity index (χ0n) is 14.7. The molecule has 0 aliphatic heterocycles. The number of nitrogens with zero attached hydrogens (tertiary/aromatic N) is 4. The molecule has 0 radical (unpaired) electrons. The highest BCUT2D eigenvalue weighted by Crippen LogP contribution is 2.33. The Labute approximate surface area is 154 Å². The van der Waals surface area contributed by atoms with Crippen LogP contribution in [0, 0.1) is 11.7 Å². The van der Waals surface area contributed by atoms with Crippen molar-refractivity contribution in [3.63, 3.8) is 0 Å². The van der Waals surface area contributed by atoms with Crippen LogP contribution in [0.1, 0.15) is 11.3 Å². The fraction of sp³-hybridized carbons (Fsp3) is 0.250. The summed E-state index contributed by atoms with van der Waals surface area (Å²) in [6, 6.07) is 5.35. The van der Waals surface area contributed by atoms with Gasteiger partial charge in [-0.05, 0) is 31.3 Å². The first kappa shape index (κ1) is 17.7. The van der Waals surface area contributed by atoms with Crippen molar-refractivity contribution in [2.75, 3.05) is 21.3 Å². The summed E-state index contributed by atoms with van der Waals surface area (Å²) in [6.45, 7) is 1.90. The average molecular weight is 374 g/mol. The van der Waals surface area contributed by atoms with Gasteiger partial charge in [-0.1, -0.05) is 0 Å². The third-order valence-corrected chi connectivity index (χ3v) is 3.90. The van der Waals surface area contributed by atoms with Gasteiger partial charge in [-0.2, -0.15) is 20.0 Å². The van der Waals surface area contributed by atoms with E-state index in [0.717, 1.165) is 5.69 Å². The zero-order chi connectivity index (χ0) is 18.7. The summed E-state index contributed by atoms with van der Waals surface area (Å²) in [5.41, 5.74) is 2.23. The van der Waals surface area contributed by atoms with E-state index in [0.29, 0.717) is 39.1 Å². The van der Waals surface area contributed by atoms with Gasteiger partial charge in [0.05, 0.1) is 27.5 Å². The maximum absolute atomic E-state index is 5.40. The van der Waals surface area contributed by atoms with Crippen molar-refractivity contribution in [3.8, 4) is 28.8 Å². The third-order valence-electron chi connectivity index (χ3n) is 3.63. The molecule has 0 aliphatic carbocycles. The number of H-pyrrole nitrogens is 2. The molecule has 0 saturated carbocycles. The number of aryl methyl sites for hydroxylation is 1. The van der Waals surface area contributed by atoms with Gasteiger partial charge in [0, 0.05) is 17.3 Å². The van der Waals surface area contributed by atoms with Crippen LogP contribution < -0.4 is 14.2 Å². The highest BCUT2D eigenvalue weighted by Gasteiger charge is 2.13. The number of ether oxygens (including phenoxy) is 3. The molecular formula is C16H18N6O3S. The SMILES string of the molecule is COc1cc(OC)c(OC)cc1C=Nn1c(-c2cc(C)[nH]n2)n[nH]c1=S. The second kappa shape index (κ2) is 7.40. The zero-order valence-corrected chi connectivity index (χ0v) is 15.5. The van der Waals surface area contributed by atoms with Crippen molar-refractivity contribution in [1.29, 1.82) is 0 Å². The smallest absolute Gasteiger partial charge is 0.216 e. The Morgan fingerprint density at radius 3 is 2.31 bits per heavy atom. The van der Waals surface area contributed by atoms with E-state index in [4.69, 9.17) is 26.4 Å². The Morgan fingerprint density at radius 1 is 1.00 bits per heavy atom. The molecule has 0 atom stereocenters. The van der Waals surface area contributed by atoms with E-state index in [9.17, 15) is 0 Å². The van der Waals surface area contributed by atoms with Crippen LogP contribution in [0.15, 0.2) is 23.3 Å². The number of nitrogens with one attached hydrogen (secondary N) is 2. The predicted molar refractivity (Wildman–Crippen MR) is 98.8 cm³/mol. The average Bonchev–Trinajstić information content (AvgIpc) is 3.24. The van der Waals surface area contributed by atoms with Crippen molar-refractivity contribution >= 4 is 18.4 Å². The van der Waals surface area contributed by atoms with E-state index in [1.165, 1.54) is 4.68 Å². The lowest BCUT2D eigenvalue weighted by molar-refractivity contribution is 0.349. The molecule has 10 heteroatoms. The molecular weight excluding hydrogens is 356 g/mol. The van der Waals surface area contributed by atoms with E-state index >= 15 is 0 Å². The van der Waals surface area contributed by atoms with E-state index < -0.39 is 0 Å².